The third kappa shape index (κ3) is 2.04. The van der Waals surface area contributed by atoms with Crippen LogP contribution in [0.25, 0.3) is 0 Å². The van der Waals surface area contributed by atoms with E-state index in [0.717, 1.165) is 27.8 Å². The summed E-state index contributed by atoms with van der Waals surface area (Å²) < 4.78 is 3.10. The van der Waals surface area contributed by atoms with Crippen LogP contribution in [-0.2, 0) is 15.0 Å². The van der Waals surface area contributed by atoms with E-state index in [9.17, 15) is 0 Å². The molecule has 82 valence electrons. The van der Waals surface area contributed by atoms with Gasteiger partial charge in [0.15, 0.2) is 0 Å². The molecule has 0 bridgehead atoms. The summed E-state index contributed by atoms with van der Waals surface area (Å²) in [6.07, 6.45) is 7.12. The van der Waals surface area contributed by atoms with Gasteiger partial charge in [0.1, 0.15) is 0 Å². The molecule has 0 aromatic carbocycles. The summed E-state index contributed by atoms with van der Waals surface area (Å²) in [5, 5.41) is 0. The summed E-state index contributed by atoms with van der Waals surface area (Å²) in [5.74, 6) is 0. The topological polar surface area (TPSA) is 0 Å². The van der Waals surface area contributed by atoms with E-state index in [4.69, 9.17) is 0 Å². The van der Waals surface area contributed by atoms with E-state index >= 15 is 0 Å². The Balaban J connectivity index is 2.13. The Kier molecular flexibility index (Phi) is 3.04. The zero-order chi connectivity index (χ0) is 11.0. The van der Waals surface area contributed by atoms with Crippen LogP contribution in [0, 0.1) is 0 Å². The van der Waals surface area contributed by atoms with Gasteiger partial charge in [-0.3, -0.25) is 0 Å². The Labute approximate surface area is 99.0 Å². The fraction of sp³-hybridized carbons (Fsp3) is 0.429. The molecule has 0 aromatic rings. The zero-order valence-electron chi connectivity index (χ0n) is 9.92. The molecule has 2 rings (SSSR count). The van der Waals surface area contributed by atoms with Gasteiger partial charge in [0, 0.05) is 0 Å². The normalized spacial score (nSPS) is 21.6. The Hall–Kier alpha value is -0.521. The molecule has 2 aliphatic rings. The van der Waals surface area contributed by atoms with Crippen LogP contribution in [0.1, 0.15) is 40.5 Å². The number of hydrogen-bond acceptors (Lipinski definition) is 0. The van der Waals surface area contributed by atoms with Gasteiger partial charge in [-0.15, -0.1) is 0 Å². The van der Waals surface area contributed by atoms with E-state index in [0.29, 0.717) is 0 Å². The van der Waals surface area contributed by atoms with Crippen LogP contribution in [0.5, 0.6) is 0 Å². The second-order valence-corrected chi connectivity index (χ2v) is 5.85. The van der Waals surface area contributed by atoms with Gasteiger partial charge >= 0.3 is 98.9 Å². The predicted molar refractivity (Wildman–Crippen MR) is 62.1 cm³/mol. The van der Waals surface area contributed by atoms with Gasteiger partial charge in [0.25, 0.3) is 0 Å². The Morgan fingerprint density at radius 3 is 1.47 bits per heavy atom. The summed E-state index contributed by atoms with van der Waals surface area (Å²) in [4.78, 5) is 0. The molecule has 0 atom stereocenters. The van der Waals surface area contributed by atoms with Crippen LogP contribution < -0.4 is 0 Å². The fourth-order valence-electron chi connectivity index (χ4n) is 1.80. The van der Waals surface area contributed by atoms with Crippen LogP contribution in [0.3, 0.4) is 0 Å². The van der Waals surface area contributed by atoms with Gasteiger partial charge in [0.2, 0.25) is 0 Å². The van der Waals surface area contributed by atoms with Crippen molar-refractivity contribution in [2.45, 2.75) is 40.5 Å². The van der Waals surface area contributed by atoms with Gasteiger partial charge < -0.3 is 0 Å². The number of allylic oxidation sites excluding steroid dienone is 8. The molecule has 0 aliphatic heterocycles. The molecule has 0 fully saturated rings. The Morgan fingerprint density at radius 2 is 1.20 bits per heavy atom. The van der Waals surface area contributed by atoms with Crippen LogP contribution >= 0.6 is 0 Å². The molecule has 0 amide bonds. The predicted octanol–water partition coefficient (Wildman–Crippen LogP) is 4.32. The second-order valence-electron chi connectivity index (χ2n) is 4.39. The quantitative estimate of drug-likeness (QED) is 0.632. The summed E-state index contributed by atoms with van der Waals surface area (Å²) in [7, 11) is 0. The Morgan fingerprint density at radius 1 is 0.800 bits per heavy atom. The zero-order valence-corrected chi connectivity index (χ0v) is 11.0. The molecule has 0 aromatic heterocycles. The summed E-state index contributed by atoms with van der Waals surface area (Å²) in [6.45, 7) is 9.01. The molecule has 1 heteroatoms. The van der Waals surface area contributed by atoms with Gasteiger partial charge in [-0.25, -0.2) is 0 Å². The van der Waals surface area contributed by atoms with Gasteiger partial charge in [-0.05, 0) is 0 Å². The number of rotatable bonds is 2. The summed E-state index contributed by atoms with van der Waals surface area (Å²) in [5.41, 5.74) is 6.13. The third-order valence-electron chi connectivity index (χ3n) is 3.33. The first-order chi connectivity index (χ1) is 7.09. The van der Waals surface area contributed by atoms with Crippen molar-refractivity contribution < 1.29 is 15.0 Å². The summed E-state index contributed by atoms with van der Waals surface area (Å²) >= 11 is 1.15. The van der Waals surface area contributed by atoms with Crippen molar-refractivity contribution in [3.63, 3.8) is 0 Å². The van der Waals surface area contributed by atoms with Crippen molar-refractivity contribution in [3.05, 3.63) is 43.4 Å². The molecule has 2 aliphatic carbocycles. The van der Waals surface area contributed by atoms with Crippen LogP contribution in [0.2, 0.25) is 0 Å². The van der Waals surface area contributed by atoms with Crippen molar-refractivity contribution in [1.29, 1.82) is 0 Å². The minimum atomic E-state index is 1.15. The molecule has 0 nitrogen and oxygen atoms in total. The number of hydrogen-bond donors (Lipinski definition) is 0. The maximum atomic E-state index is 2.40. The van der Waals surface area contributed by atoms with E-state index in [1.807, 2.05) is 0 Å². The summed E-state index contributed by atoms with van der Waals surface area (Å²) in [6, 6.07) is 0. The molecule has 15 heavy (non-hydrogen) atoms. The van der Waals surface area contributed by atoms with Gasteiger partial charge in [-0.1, -0.05) is 0 Å². The van der Waals surface area contributed by atoms with E-state index in [-0.39, 0.29) is 0 Å². The van der Waals surface area contributed by atoms with Crippen LogP contribution in [-0.4, -0.2) is 0 Å². The third-order valence-corrected chi connectivity index (χ3v) is 5.21. The molecule has 0 heterocycles. The van der Waals surface area contributed by atoms with Gasteiger partial charge in [0.05, 0.1) is 0 Å². The first-order valence-electron chi connectivity index (χ1n) is 5.45. The van der Waals surface area contributed by atoms with E-state index in [2.05, 4.69) is 39.8 Å². The van der Waals surface area contributed by atoms with Crippen molar-refractivity contribution in [2.24, 2.45) is 0 Å². The van der Waals surface area contributed by atoms with E-state index in [1.165, 1.54) is 11.1 Å². The van der Waals surface area contributed by atoms with Crippen molar-refractivity contribution in [1.82, 2.24) is 0 Å². The Bertz CT molecular complexity index is 377. The maximum absolute atomic E-state index is 2.40. The molecule has 0 N–H and O–H groups in total. The van der Waals surface area contributed by atoms with Crippen LogP contribution in [0.15, 0.2) is 43.4 Å². The monoisotopic (exact) mass is 242 g/mol. The minimum absolute atomic E-state index is 1.15. The van der Waals surface area contributed by atoms with Crippen molar-refractivity contribution >= 4 is 0 Å². The van der Waals surface area contributed by atoms with E-state index < -0.39 is 0 Å². The average Bonchev–Trinajstić information content (AvgIpc) is 2.68. The molecule has 0 radical (unpaired) electrons. The SMILES string of the molecule is CC1=C(C)[C]([Fe][C]2=CCC(C)=C2C)=CC1. The van der Waals surface area contributed by atoms with Crippen LogP contribution in [0.4, 0.5) is 0 Å². The molecule has 0 unspecified atom stereocenters. The van der Waals surface area contributed by atoms with Crippen molar-refractivity contribution in [2.75, 3.05) is 0 Å². The first kappa shape index (κ1) is 11.0. The van der Waals surface area contributed by atoms with E-state index in [1.54, 1.807) is 20.1 Å². The fourth-order valence-corrected chi connectivity index (χ4v) is 3.45. The first-order valence-corrected chi connectivity index (χ1v) is 6.56. The molecule has 0 saturated heterocycles. The molecular formula is C14H18Fe. The average molecular weight is 242 g/mol. The molecular weight excluding hydrogens is 224 g/mol. The molecule has 0 saturated carbocycles. The van der Waals surface area contributed by atoms with Crippen molar-refractivity contribution in [3.8, 4) is 0 Å². The second kappa shape index (κ2) is 4.15. The molecule has 0 spiro atoms. The standard InChI is InChI=1S/2C7H9.Fe/c2*1-6-4-3-5-7(6)2;/h2*3H,4H2,1-2H3;. The van der Waals surface area contributed by atoms with Gasteiger partial charge in [-0.2, -0.15) is 0 Å².